The van der Waals surface area contributed by atoms with E-state index >= 15 is 0 Å². The molecule has 8 heteroatoms. The number of hydrogen-bond acceptors (Lipinski definition) is 5. The molecule has 4 rings (SSSR count). The van der Waals surface area contributed by atoms with Gasteiger partial charge in [-0.15, -0.1) is 0 Å². The highest BCUT2D eigenvalue weighted by atomic mass is 19.1. The average Bonchev–Trinajstić information content (AvgIpc) is 3.18. The zero-order chi connectivity index (χ0) is 22.7. The molecule has 0 atom stereocenters. The maximum absolute atomic E-state index is 13.3. The van der Waals surface area contributed by atoms with E-state index < -0.39 is 18.5 Å². The van der Waals surface area contributed by atoms with E-state index in [0.717, 1.165) is 30.5 Å². The lowest BCUT2D eigenvalue weighted by Crippen LogP contribution is -2.22. The van der Waals surface area contributed by atoms with Gasteiger partial charge in [-0.3, -0.25) is 9.59 Å². The predicted molar refractivity (Wildman–Crippen MR) is 116 cm³/mol. The molecule has 1 aliphatic carbocycles. The number of ether oxygens (including phenoxy) is 1. The van der Waals surface area contributed by atoms with Crippen LogP contribution in [0.5, 0.6) is 0 Å². The van der Waals surface area contributed by atoms with Gasteiger partial charge in [0, 0.05) is 16.8 Å². The van der Waals surface area contributed by atoms with E-state index in [9.17, 15) is 18.8 Å². The van der Waals surface area contributed by atoms with Gasteiger partial charge in [0.25, 0.3) is 5.91 Å². The Bertz CT molecular complexity index is 1180. The molecule has 1 aromatic heterocycles. The minimum Gasteiger partial charge on any atom is -0.451 e. The third-order valence-electron chi connectivity index (χ3n) is 5.36. The monoisotopic (exact) mass is 435 g/mol. The molecule has 0 spiro atoms. The van der Waals surface area contributed by atoms with Crippen LogP contribution in [0.1, 0.15) is 51.9 Å². The van der Waals surface area contributed by atoms with Gasteiger partial charge < -0.3 is 10.1 Å². The zero-order valence-corrected chi connectivity index (χ0v) is 17.6. The highest BCUT2D eigenvalue weighted by Crippen LogP contribution is 2.27. The number of benzene rings is 2. The van der Waals surface area contributed by atoms with Crippen LogP contribution in [-0.4, -0.2) is 34.0 Å². The number of nitrogens with one attached hydrogen (secondary N) is 1. The summed E-state index contributed by atoms with van der Waals surface area (Å²) < 4.78 is 20.2. The van der Waals surface area contributed by atoms with E-state index in [0.29, 0.717) is 23.4 Å². The van der Waals surface area contributed by atoms with Crippen molar-refractivity contribution in [3.63, 3.8) is 0 Å². The molecule has 1 heterocycles. The van der Waals surface area contributed by atoms with Crippen molar-refractivity contribution in [1.82, 2.24) is 9.78 Å². The van der Waals surface area contributed by atoms with Crippen LogP contribution in [0.3, 0.4) is 0 Å². The van der Waals surface area contributed by atoms with Gasteiger partial charge in [-0.25, -0.2) is 13.9 Å². The van der Waals surface area contributed by atoms with E-state index in [1.165, 1.54) is 19.1 Å². The molecule has 0 aliphatic heterocycles. The molecule has 1 amide bonds. The zero-order valence-electron chi connectivity index (χ0n) is 17.6. The fraction of sp³-hybridized carbons (Fsp3) is 0.250. The van der Waals surface area contributed by atoms with Gasteiger partial charge in [-0.2, -0.15) is 5.10 Å². The first-order valence-electron chi connectivity index (χ1n) is 10.4. The van der Waals surface area contributed by atoms with Crippen molar-refractivity contribution in [3.8, 4) is 5.69 Å². The number of halogens is 1. The number of carbonyl (C=O) groups is 3. The number of fused-ring (bicyclic) bond motifs is 1. The third-order valence-corrected chi connectivity index (χ3v) is 5.36. The Balaban J connectivity index is 1.50. The summed E-state index contributed by atoms with van der Waals surface area (Å²) in [6, 6.07) is 12.5. The van der Waals surface area contributed by atoms with Crippen LogP contribution < -0.4 is 5.32 Å². The molecular formula is C24H22FN3O4. The second-order valence-corrected chi connectivity index (χ2v) is 7.60. The lowest BCUT2D eigenvalue weighted by atomic mass is 9.95. The number of anilines is 1. The Hall–Kier alpha value is -3.81. The van der Waals surface area contributed by atoms with Gasteiger partial charge in [0.05, 0.1) is 11.4 Å². The molecule has 0 radical (unpaired) electrons. The van der Waals surface area contributed by atoms with Crippen molar-refractivity contribution in [2.75, 3.05) is 11.9 Å². The first-order chi connectivity index (χ1) is 15.4. The number of nitrogens with zero attached hydrogens (tertiary/aromatic N) is 2. The third kappa shape index (κ3) is 4.44. The number of amides is 1. The first kappa shape index (κ1) is 21.4. The number of carbonyl (C=O) groups excluding carboxylic acids is 3. The maximum atomic E-state index is 13.3. The molecular weight excluding hydrogens is 413 g/mol. The molecule has 0 fully saturated rings. The number of rotatable bonds is 6. The summed E-state index contributed by atoms with van der Waals surface area (Å²) in [5.74, 6) is -1.79. The lowest BCUT2D eigenvalue weighted by Gasteiger charge is -2.14. The summed E-state index contributed by atoms with van der Waals surface area (Å²) >= 11 is 0. The van der Waals surface area contributed by atoms with E-state index in [1.807, 2.05) is 0 Å². The molecule has 0 saturated heterocycles. The van der Waals surface area contributed by atoms with Crippen LogP contribution in [0.15, 0.2) is 48.5 Å². The molecule has 1 N–H and O–H groups in total. The van der Waals surface area contributed by atoms with Crippen molar-refractivity contribution in [2.24, 2.45) is 0 Å². The van der Waals surface area contributed by atoms with Crippen LogP contribution in [0.2, 0.25) is 0 Å². The average molecular weight is 435 g/mol. The highest BCUT2D eigenvalue weighted by Gasteiger charge is 2.27. The van der Waals surface area contributed by atoms with Gasteiger partial charge in [0.2, 0.25) is 0 Å². The fourth-order valence-electron chi connectivity index (χ4n) is 3.84. The second-order valence-electron chi connectivity index (χ2n) is 7.60. The number of para-hydroxylation sites is 1. The molecule has 0 bridgehead atoms. The summed E-state index contributed by atoms with van der Waals surface area (Å²) in [6.45, 7) is 0.898. The summed E-state index contributed by atoms with van der Waals surface area (Å²) in [5.41, 5.74) is 3.25. The van der Waals surface area contributed by atoms with Crippen LogP contribution in [0.25, 0.3) is 5.69 Å². The minimum absolute atomic E-state index is 0.168. The Morgan fingerprint density at radius 3 is 2.53 bits per heavy atom. The molecule has 0 saturated carbocycles. The topological polar surface area (TPSA) is 90.3 Å². The molecule has 32 heavy (non-hydrogen) atoms. The molecule has 0 unspecified atom stereocenters. The minimum atomic E-state index is -0.695. The number of aromatic nitrogens is 2. The second kappa shape index (κ2) is 9.13. The van der Waals surface area contributed by atoms with Gasteiger partial charge >= 0.3 is 5.97 Å². The normalized spacial score (nSPS) is 12.7. The highest BCUT2D eigenvalue weighted by molar-refractivity contribution is 6.04. The van der Waals surface area contributed by atoms with Crippen LogP contribution in [0, 0.1) is 5.82 Å². The fourth-order valence-corrected chi connectivity index (χ4v) is 3.84. The van der Waals surface area contributed by atoms with Crippen LogP contribution >= 0.6 is 0 Å². The van der Waals surface area contributed by atoms with E-state index in [4.69, 9.17) is 4.74 Å². The molecule has 164 valence electrons. The maximum Gasteiger partial charge on any atom is 0.359 e. The number of esters is 1. The Morgan fingerprint density at radius 2 is 1.78 bits per heavy atom. The summed E-state index contributed by atoms with van der Waals surface area (Å²) in [4.78, 5) is 36.8. The van der Waals surface area contributed by atoms with Gasteiger partial charge in [-0.05, 0) is 69.0 Å². The van der Waals surface area contributed by atoms with Crippen molar-refractivity contribution < 1.29 is 23.5 Å². The quantitative estimate of drug-likeness (QED) is 0.469. The van der Waals surface area contributed by atoms with Crippen molar-refractivity contribution >= 4 is 23.3 Å². The van der Waals surface area contributed by atoms with Gasteiger partial charge in [-0.1, -0.05) is 12.1 Å². The van der Waals surface area contributed by atoms with Crippen molar-refractivity contribution in [2.45, 2.75) is 32.6 Å². The van der Waals surface area contributed by atoms with Gasteiger partial charge in [0.15, 0.2) is 18.1 Å². The molecule has 2 aromatic carbocycles. The first-order valence-corrected chi connectivity index (χ1v) is 10.4. The summed E-state index contributed by atoms with van der Waals surface area (Å²) in [5, 5.41) is 7.03. The van der Waals surface area contributed by atoms with Gasteiger partial charge in [0.1, 0.15) is 5.82 Å². The largest absolute Gasteiger partial charge is 0.451 e. The van der Waals surface area contributed by atoms with E-state index in [-0.39, 0.29) is 17.3 Å². The lowest BCUT2D eigenvalue weighted by molar-refractivity contribution is -0.119. The van der Waals surface area contributed by atoms with Crippen molar-refractivity contribution in [1.29, 1.82) is 0 Å². The predicted octanol–water partition coefficient (Wildman–Crippen LogP) is 3.89. The molecule has 3 aromatic rings. The number of hydrogen-bond donors (Lipinski definition) is 1. The molecule has 1 aliphatic rings. The summed E-state index contributed by atoms with van der Waals surface area (Å²) in [6.07, 6.45) is 3.31. The SMILES string of the molecule is CC(=O)c1ccccc1NC(=O)COC(=O)c1nn(-c2ccc(F)cc2)c2c1CCCC2. The van der Waals surface area contributed by atoms with Crippen LogP contribution in [0.4, 0.5) is 10.1 Å². The Kier molecular flexibility index (Phi) is 6.11. The number of Topliss-reactive ketones (excluding diaryl/α,β-unsaturated/α-hetero) is 1. The smallest absolute Gasteiger partial charge is 0.359 e. The number of ketones is 1. The van der Waals surface area contributed by atoms with E-state index in [1.54, 1.807) is 41.1 Å². The standard InChI is InChI=1S/C24H22FN3O4/c1-15(29)18-6-2-4-8-20(18)26-22(30)14-32-24(31)23-19-7-3-5-9-21(19)28(27-23)17-12-10-16(25)11-13-17/h2,4,6,8,10-13H,3,5,7,9,14H2,1H3,(H,26,30). The Labute approximate surface area is 184 Å². The molecule has 7 nitrogen and oxygen atoms in total. The van der Waals surface area contributed by atoms with Crippen molar-refractivity contribution in [3.05, 3.63) is 76.9 Å². The summed E-state index contributed by atoms with van der Waals surface area (Å²) in [7, 11) is 0. The van der Waals surface area contributed by atoms with Crippen LogP contribution in [-0.2, 0) is 22.4 Å². The van der Waals surface area contributed by atoms with E-state index in [2.05, 4.69) is 10.4 Å². The Morgan fingerprint density at radius 1 is 1.06 bits per heavy atom.